The Bertz CT molecular complexity index is 966. The average Bonchev–Trinajstić information content (AvgIpc) is 2.93. The van der Waals surface area contributed by atoms with Gasteiger partial charge in [-0.25, -0.2) is 9.79 Å². The molecule has 5 nitrogen and oxygen atoms in total. The maximum atomic E-state index is 12.1. The molecule has 7 heteroatoms. The molecule has 1 aliphatic heterocycles. The van der Waals surface area contributed by atoms with Gasteiger partial charge in [-0.05, 0) is 24.3 Å². The van der Waals surface area contributed by atoms with Gasteiger partial charge in [-0.3, -0.25) is 0 Å². The van der Waals surface area contributed by atoms with Crippen molar-refractivity contribution in [2.75, 3.05) is 7.11 Å². The SMILES string of the molecule is COC(=O)C1=C(O)C(=Cc2ccccc2O)SC1=Nc1ccccc1Cl. The summed E-state index contributed by atoms with van der Waals surface area (Å²) in [7, 11) is 1.23. The van der Waals surface area contributed by atoms with E-state index in [2.05, 4.69) is 4.99 Å². The molecule has 0 bridgehead atoms. The van der Waals surface area contributed by atoms with Gasteiger partial charge in [0.1, 0.15) is 22.1 Å². The minimum atomic E-state index is -0.707. The Hall–Kier alpha value is -2.70. The summed E-state index contributed by atoms with van der Waals surface area (Å²) >= 11 is 7.22. The van der Waals surface area contributed by atoms with Gasteiger partial charge in [0, 0.05) is 5.56 Å². The number of benzene rings is 2. The fourth-order valence-electron chi connectivity index (χ4n) is 2.29. The molecule has 0 saturated carbocycles. The summed E-state index contributed by atoms with van der Waals surface area (Å²) < 4.78 is 4.76. The molecule has 26 heavy (non-hydrogen) atoms. The van der Waals surface area contributed by atoms with Crippen LogP contribution in [0.25, 0.3) is 6.08 Å². The number of phenols is 1. The number of ether oxygens (including phenoxy) is 1. The fourth-order valence-corrected chi connectivity index (χ4v) is 3.49. The third-order valence-corrected chi connectivity index (χ3v) is 4.92. The molecule has 0 fully saturated rings. The number of carbonyl (C=O) groups excluding carboxylic acids is 1. The number of esters is 1. The lowest BCUT2D eigenvalue weighted by atomic mass is 10.1. The number of thioether (sulfide) groups is 1. The van der Waals surface area contributed by atoms with Crippen LogP contribution in [0.2, 0.25) is 5.02 Å². The van der Waals surface area contributed by atoms with Crippen molar-refractivity contribution in [2.24, 2.45) is 4.99 Å². The van der Waals surface area contributed by atoms with E-state index >= 15 is 0 Å². The van der Waals surface area contributed by atoms with E-state index in [9.17, 15) is 15.0 Å². The minimum Gasteiger partial charge on any atom is -0.507 e. The molecule has 0 saturated heterocycles. The summed E-state index contributed by atoms with van der Waals surface area (Å²) in [5.74, 6) is -0.901. The third kappa shape index (κ3) is 3.61. The summed E-state index contributed by atoms with van der Waals surface area (Å²) in [6.07, 6.45) is 1.58. The number of halogens is 1. The van der Waals surface area contributed by atoms with Gasteiger partial charge >= 0.3 is 5.97 Å². The second-order valence-electron chi connectivity index (χ2n) is 5.25. The molecule has 2 N–H and O–H groups in total. The number of phenolic OH excluding ortho intramolecular Hbond substituents is 1. The standard InChI is InChI=1S/C19H14ClNO4S/c1-25-19(24)16-17(23)15(10-11-6-2-5-9-14(11)22)26-18(16)21-13-8-4-3-7-12(13)20/h2-10,22-23H,1H3. The van der Waals surface area contributed by atoms with Gasteiger partial charge in [0.25, 0.3) is 0 Å². The smallest absolute Gasteiger partial charge is 0.344 e. The first-order valence-electron chi connectivity index (χ1n) is 7.54. The van der Waals surface area contributed by atoms with Gasteiger partial charge in [0.2, 0.25) is 0 Å². The van der Waals surface area contributed by atoms with E-state index in [1.807, 2.05) is 0 Å². The maximum absolute atomic E-state index is 12.1. The Morgan fingerprint density at radius 1 is 1.15 bits per heavy atom. The average molecular weight is 388 g/mol. The number of carbonyl (C=O) groups is 1. The Labute approximate surface area is 159 Å². The largest absolute Gasteiger partial charge is 0.507 e. The van der Waals surface area contributed by atoms with Crippen molar-refractivity contribution >= 4 is 46.1 Å². The zero-order valence-corrected chi connectivity index (χ0v) is 15.2. The lowest BCUT2D eigenvalue weighted by Gasteiger charge is -2.03. The number of aliphatic imine (C=N–C) groups is 1. The van der Waals surface area contributed by atoms with E-state index in [-0.39, 0.29) is 22.1 Å². The highest BCUT2D eigenvalue weighted by Crippen LogP contribution is 2.41. The topological polar surface area (TPSA) is 79.1 Å². The van der Waals surface area contributed by atoms with Crippen LogP contribution in [-0.2, 0) is 9.53 Å². The maximum Gasteiger partial charge on any atom is 0.344 e. The van der Waals surface area contributed by atoms with Crippen LogP contribution in [0.3, 0.4) is 0 Å². The molecule has 0 amide bonds. The van der Waals surface area contributed by atoms with Gasteiger partial charge in [-0.15, -0.1) is 0 Å². The highest BCUT2D eigenvalue weighted by Gasteiger charge is 2.33. The quantitative estimate of drug-likeness (QED) is 0.736. The van der Waals surface area contributed by atoms with Crippen LogP contribution in [0.15, 0.2) is 69.8 Å². The van der Waals surface area contributed by atoms with Crippen LogP contribution in [-0.4, -0.2) is 28.3 Å². The molecule has 2 aromatic rings. The third-order valence-electron chi connectivity index (χ3n) is 3.58. The predicted octanol–water partition coefficient (Wildman–Crippen LogP) is 4.85. The second kappa shape index (κ2) is 7.68. The molecule has 0 aromatic heterocycles. The van der Waals surface area contributed by atoms with Gasteiger partial charge in [0.15, 0.2) is 0 Å². The van der Waals surface area contributed by atoms with Gasteiger partial charge < -0.3 is 14.9 Å². The van der Waals surface area contributed by atoms with Crippen molar-refractivity contribution in [1.82, 2.24) is 0 Å². The van der Waals surface area contributed by atoms with Crippen LogP contribution >= 0.6 is 23.4 Å². The van der Waals surface area contributed by atoms with E-state index in [1.54, 1.807) is 48.5 Å². The van der Waals surface area contributed by atoms with Crippen molar-refractivity contribution in [3.63, 3.8) is 0 Å². The van der Waals surface area contributed by atoms with E-state index in [1.165, 1.54) is 13.2 Å². The van der Waals surface area contributed by atoms with Crippen molar-refractivity contribution < 1.29 is 19.7 Å². The summed E-state index contributed by atoms with van der Waals surface area (Å²) in [6.45, 7) is 0. The van der Waals surface area contributed by atoms with Crippen molar-refractivity contribution in [3.8, 4) is 5.75 Å². The fraction of sp³-hybridized carbons (Fsp3) is 0.0526. The van der Waals surface area contributed by atoms with E-state index in [4.69, 9.17) is 16.3 Å². The number of aromatic hydroxyl groups is 1. The van der Waals surface area contributed by atoms with Crippen LogP contribution < -0.4 is 0 Å². The van der Waals surface area contributed by atoms with Gasteiger partial charge in [-0.2, -0.15) is 0 Å². The molecule has 0 aliphatic carbocycles. The Morgan fingerprint density at radius 3 is 2.54 bits per heavy atom. The summed E-state index contributed by atoms with van der Waals surface area (Å²) in [5, 5.41) is 21.1. The second-order valence-corrected chi connectivity index (χ2v) is 6.69. The molecule has 0 unspecified atom stereocenters. The molecule has 3 rings (SSSR count). The van der Waals surface area contributed by atoms with Crippen molar-refractivity contribution in [1.29, 1.82) is 0 Å². The number of methoxy groups -OCH3 is 1. The van der Waals surface area contributed by atoms with Crippen molar-refractivity contribution in [3.05, 3.63) is 75.4 Å². The van der Waals surface area contributed by atoms with E-state index < -0.39 is 5.97 Å². The molecule has 1 heterocycles. The molecule has 132 valence electrons. The van der Waals surface area contributed by atoms with Crippen LogP contribution in [0, 0.1) is 0 Å². The molecule has 0 spiro atoms. The minimum absolute atomic E-state index is 0.0425. The number of aliphatic hydroxyl groups excluding tert-OH is 1. The number of rotatable bonds is 3. The zero-order valence-electron chi connectivity index (χ0n) is 13.6. The van der Waals surface area contributed by atoms with Crippen molar-refractivity contribution in [2.45, 2.75) is 0 Å². The zero-order chi connectivity index (χ0) is 18.7. The Balaban J connectivity index is 2.09. The molecular formula is C19H14ClNO4S. The monoisotopic (exact) mass is 387 g/mol. The van der Waals surface area contributed by atoms with Crippen LogP contribution in [0.1, 0.15) is 5.56 Å². The normalized spacial score (nSPS) is 17.2. The number of nitrogens with zero attached hydrogens (tertiary/aromatic N) is 1. The summed E-state index contributed by atoms with van der Waals surface area (Å²) in [4.78, 5) is 16.9. The molecular weight excluding hydrogens is 374 g/mol. The number of hydrogen-bond acceptors (Lipinski definition) is 6. The molecule has 0 atom stereocenters. The Morgan fingerprint density at radius 2 is 1.85 bits per heavy atom. The first-order valence-corrected chi connectivity index (χ1v) is 8.73. The summed E-state index contributed by atoms with van der Waals surface area (Å²) in [6, 6.07) is 13.6. The first-order chi connectivity index (χ1) is 12.5. The molecule has 1 aliphatic rings. The molecule has 0 radical (unpaired) electrons. The first kappa shape index (κ1) is 18.1. The van der Waals surface area contributed by atoms with Crippen LogP contribution in [0.4, 0.5) is 5.69 Å². The summed E-state index contributed by atoms with van der Waals surface area (Å²) in [5.41, 5.74) is 0.929. The Kier molecular flexibility index (Phi) is 5.35. The lowest BCUT2D eigenvalue weighted by molar-refractivity contribution is -0.135. The molecule has 2 aromatic carbocycles. The van der Waals surface area contributed by atoms with Crippen LogP contribution in [0.5, 0.6) is 5.75 Å². The number of hydrogen-bond donors (Lipinski definition) is 2. The number of para-hydroxylation sites is 2. The lowest BCUT2D eigenvalue weighted by Crippen LogP contribution is -2.10. The highest BCUT2D eigenvalue weighted by molar-refractivity contribution is 8.18. The predicted molar refractivity (Wildman–Crippen MR) is 104 cm³/mol. The number of aliphatic hydroxyl groups is 1. The van der Waals surface area contributed by atoms with Gasteiger partial charge in [-0.1, -0.05) is 53.7 Å². The van der Waals surface area contributed by atoms with E-state index in [0.29, 0.717) is 21.2 Å². The van der Waals surface area contributed by atoms with E-state index in [0.717, 1.165) is 11.8 Å². The highest BCUT2D eigenvalue weighted by atomic mass is 35.5. The van der Waals surface area contributed by atoms with Gasteiger partial charge in [0.05, 0.1) is 22.7 Å².